The van der Waals surface area contributed by atoms with Crippen molar-refractivity contribution in [1.82, 2.24) is 4.98 Å². The third-order valence-corrected chi connectivity index (χ3v) is 3.39. The number of carboxylic acid groups (broad SMARTS) is 1. The number of aromatic carboxylic acids is 1. The van der Waals surface area contributed by atoms with Gasteiger partial charge >= 0.3 is 5.97 Å². The van der Waals surface area contributed by atoms with Crippen molar-refractivity contribution in [2.75, 3.05) is 17.7 Å². The van der Waals surface area contributed by atoms with Gasteiger partial charge in [0.2, 0.25) is 0 Å². The Morgan fingerprint density at radius 2 is 2.05 bits per heavy atom. The fraction of sp³-hybridized carbons (Fsp3) is 0.250. The normalized spacial score (nSPS) is 10.4. The van der Waals surface area contributed by atoms with E-state index in [9.17, 15) is 9.90 Å². The molecule has 0 amide bonds. The molecule has 5 heteroatoms. The molecule has 0 aliphatic rings. The summed E-state index contributed by atoms with van der Waals surface area (Å²) in [7, 11) is 1.90. The number of anilines is 2. The van der Waals surface area contributed by atoms with Gasteiger partial charge in [-0.2, -0.15) is 0 Å². The number of benzene rings is 1. The van der Waals surface area contributed by atoms with Crippen LogP contribution in [0.1, 0.15) is 27.3 Å². The van der Waals surface area contributed by atoms with E-state index in [2.05, 4.69) is 4.98 Å². The van der Waals surface area contributed by atoms with E-state index in [1.54, 1.807) is 6.07 Å². The van der Waals surface area contributed by atoms with Gasteiger partial charge in [0.05, 0.1) is 17.8 Å². The fourth-order valence-corrected chi connectivity index (χ4v) is 2.20. The molecule has 0 fully saturated rings. The highest BCUT2D eigenvalue weighted by molar-refractivity contribution is 5.95. The summed E-state index contributed by atoms with van der Waals surface area (Å²) in [5, 5.41) is 9.21. The number of pyridine rings is 1. The summed E-state index contributed by atoms with van der Waals surface area (Å²) in [6, 6.07) is 9.34. The molecule has 1 aromatic heterocycles. The standard InChI is InChI=1S/C16H19N3O2/c1-10-7-13(8-14(15(10)17)16(20)21)19(3)9-12-6-4-5-11(2)18-12/h4-8H,9,17H2,1-3H3,(H,20,21). The third kappa shape index (κ3) is 3.31. The molecule has 0 aliphatic carbocycles. The Labute approximate surface area is 124 Å². The molecule has 0 radical (unpaired) electrons. The van der Waals surface area contributed by atoms with E-state index in [-0.39, 0.29) is 5.56 Å². The summed E-state index contributed by atoms with van der Waals surface area (Å²) < 4.78 is 0. The van der Waals surface area contributed by atoms with Gasteiger partial charge in [-0.05, 0) is 43.7 Å². The second-order valence-corrected chi connectivity index (χ2v) is 5.16. The summed E-state index contributed by atoms with van der Waals surface area (Å²) in [6.07, 6.45) is 0. The van der Waals surface area contributed by atoms with Crippen molar-refractivity contribution < 1.29 is 9.90 Å². The van der Waals surface area contributed by atoms with Crippen molar-refractivity contribution >= 4 is 17.3 Å². The second kappa shape index (κ2) is 5.83. The maximum Gasteiger partial charge on any atom is 0.337 e. The number of nitrogen functional groups attached to an aromatic ring is 1. The zero-order valence-corrected chi connectivity index (χ0v) is 12.4. The van der Waals surface area contributed by atoms with E-state index in [0.29, 0.717) is 12.2 Å². The van der Waals surface area contributed by atoms with E-state index >= 15 is 0 Å². The van der Waals surface area contributed by atoms with Gasteiger partial charge in [-0.15, -0.1) is 0 Å². The summed E-state index contributed by atoms with van der Waals surface area (Å²) >= 11 is 0. The molecule has 0 unspecified atom stereocenters. The predicted octanol–water partition coefficient (Wildman–Crippen LogP) is 2.62. The van der Waals surface area contributed by atoms with E-state index < -0.39 is 5.97 Å². The Kier molecular flexibility index (Phi) is 4.12. The molecular formula is C16H19N3O2. The smallest absolute Gasteiger partial charge is 0.337 e. The summed E-state index contributed by atoms with van der Waals surface area (Å²) in [4.78, 5) is 17.7. The number of nitrogens with two attached hydrogens (primary N) is 1. The first-order valence-corrected chi connectivity index (χ1v) is 6.65. The first-order chi connectivity index (χ1) is 9.88. The molecule has 1 aromatic carbocycles. The van der Waals surface area contributed by atoms with Gasteiger partial charge in [-0.3, -0.25) is 4.98 Å². The van der Waals surface area contributed by atoms with E-state index in [1.165, 1.54) is 0 Å². The number of aryl methyl sites for hydroxylation is 2. The molecule has 0 saturated carbocycles. The van der Waals surface area contributed by atoms with Crippen LogP contribution in [0.25, 0.3) is 0 Å². The monoisotopic (exact) mass is 285 g/mol. The molecule has 110 valence electrons. The van der Waals surface area contributed by atoms with Crippen LogP contribution in [0.15, 0.2) is 30.3 Å². The van der Waals surface area contributed by atoms with Crippen LogP contribution in [0.3, 0.4) is 0 Å². The maximum atomic E-state index is 11.2. The average Bonchev–Trinajstić information content (AvgIpc) is 2.41. The number of rotatable bonds is 4. The lowest BCUT2D eigenvalue weighted by Gasteiger charge is -2.21. The second-order valence-electron chi connectivity index (χ2n) is 5.16. The lowest BCUT2D eigenvalue weighted by molar-refractivity contribution is 0.0698. The Morgan fingerprint density at radius 1 is 1.33 bits per heavy atom. The molecule has 0 aliphatic heterocycles. The molecule has 2 aromatic rings. The minimum atomic E-state index is -1.01. The first kappa shape index (κ1) is 14.8. The summed E-state index contributed by atoms with van der Waals surface area (Å²) in [6.45, 7) is 4.35. The van der Waals surface area contributed by atoms with E-state index in [0.717, 1.165) is 22.6 Å². The van der Waals surface area contributed by atoms with Crippen molar-refractivity contribution in [3.05, 3.63) is 52.8 Å². The molecule has 0 atom stereocenters. The zero-order chi connectivity index (χ0) is 15.6. The average molecular weight is 285 g/mol. The number of carboxylic acids is 1. The van der Waals surface area contributed by atoms with Crippen LogP contribution in [-0.4, -0.2) is 23.1 Å². The lowest BCUT2D eigenvalue weighted by atomic mass is 10.1. The van der Waals surface area contributed by atoms with Crippen LogP contribution in [-0.2, 0) is 6.54 Å². The Balaban J connectivity index is 2.31. The summed E-state index contributed by atoms with van der Waals surface area (Å²) in [5.74, 6) is -1.01. The third-order valence-electron chi connectivity index (χ3n) is 3.39. The van der Waals surface area contributed by atoms with Crippen LogP contribution in [0.2, 0.25) is 0 Å². The number of carbonyl (C=O) groups is 1. The summed E-state index contributed by atoms with van der Waals surface area (Å²) in [5.41, 5.74) is 9.72. The number of hydrogen-bond acceptors (Lipinski definition) is 4. The molecule has 0 bridgehead atoms. The van der Waals surface area contributed by atoms with Crippen LogP contribution >= 0.6 is 0 Å². The van der Waals surface area contributed by atoms with Crippen LogP contribution in [0.5, 0.6) is 0 Å². The zero-order valence-electron chi connectivity index (χ0n) is 12.4. The number of nitrogens with zero attached hydrogens (tertiary/aromatic N) is 2. The quantitative estimate of drug-likeness (QED) is 0.844. The van der Waals surface area contributed by atoms with Gasteiger partial charge in [0.15, 0.2) is 0 Å². The van der Waals surface area contributed by atoms with E-state index in [4.69, 9.17) is 5.73 Å². The van der Waals surface area contributed by atoms with Crippen molar-refractivity contribution in [2.45, 2.75) is 20.4 Å². The Bertz CT molecular complexity index is 683. The molecule has 0 saturated heterocycles. The van der Waals surface area contributed by atoms with Crippen molar-refractivity contribution in [3.63, 3.8) is 0 Å². The predicted molar refractivity (Wildman–Crippen MR) is 83.6 cm³/mol. The van der Waals surface area contributed by atoms with Crippen molar-refractivity contribution in [3.8, 4) is 0 Å². The van der Waals surface area contributed by atoms with Crippen molar-refractivity contribution in [1.29, 1.82) is 0 Å². The minimum Gasteiger partial charge on any atom is -0.478 e. The molecule has 21 heavy (non-hydrogen) atoms. The van der Waals surface area contributed by atoms with Gasteiger partial charge < -0.3 is 15.7 Å². The highest BCUT2D eigenvalue weighted by Gasteiger charge is 2.14. The van der Waals surface area contributed by atoms with Gasteiger partial charge in [0.1, 0.15) is 0 Å². The number of aromatic nitrogens is 1. The van der Waals surface area contributed by atoms with Gasteiger partial charge in [-0.1, -0.05) is 6.07 Å². The lowest BCUT2D eigenvalue weighted by Crippen LogP contribution is -2.18. The van der Waals surface area contributed by atoms with Gasteiger partial charge in [-0.25, -0.2) is 4.79 Å². The molecule has 2 rings (SSSR count). The maximum absolute atomic E-state index is 11.2. The SMILES string of the molecule is Cc1cccc(CN(C)c2cc(C)c(N)c(C(=O)O)c2)n1. The molecule has 1 heterocycles. The largest absolute Gasteiger partial charge is 0.478 e. The van der Waals surface area contributed by atoms with Crippen LogP contribution in [0, 0.1) is 13.8 Å². The Morgan fingerprint density at radius 3 is 2.67 bits per heavy atom. The van der Waals surface area contributed by atoms with Gasteiger partial charge in [0, 0.05) is 24.1 Å². The highest BCUT2D eigenvalue weighted by Crippen LogP contribution is 2.25. The van der Waals surface area contributed by atoms with E-state index in [1.807, 2.05) is 50.1 Å². The topological polar surface area (TPSA) is 79.5 Å². The van der Waals surface area contributed by atoms with Crippen LogP contribution < -0.4 is 10.6 Å². The molecule has 3 N–H and O–H groups in total. The number of hydrogen-bond donors (Lipinski definition) is 2. The molecule has 0 spiro atoms. The fourth-order valence-electron chi connectivity index (χ4n) is 2.20. The van der Waals surface area contributed by atoms with Gasteiger partial charge in [0.25, 0.3) is 0 Å². The first-order valence-electron chi connectivity index (χ1n) is 6.65. The van der Waals surface area contributed by atoms with Crippen molar-refractivity contribution in [2.24, 2.45) is 0 Å². The Hall–Kier alpha value is -2.56. The van der Waals surface area contributed by atoms with Crippen LogP contribution in [0.4, 0.5) is 11.4 Å². The molecular weight excluding hydrogens is 266 g/mol. The highest BCUT2D eigenvalue weighted by atomic mass is 16.4. The minimum absolute atomic E-state index is 0.133. The molecule has 5 nitrogen and oxygen atoms in total.